The minimum atomic E-state index is 0. The molecule has 0 N–H and O–H groups in total. The molecule has 0 aliphatic carbocycles. The minimum absolute atomic E-state index is 0. The molecule has 32 valence electrons. The van der Waals surface area contributed by atoms with E-state index in [0.717, 1.165) is 0 Å². The van der Waals surface area contributed by atoms with E-state index in [9.17, 15) is 0 Å². The number of rotatable bonds is 0. The molecule has 7 heavy (non-hydrogen) atoms. The fourth-order valence-corrected chi connectivity index (χ4v) is 0.915. The van der Waals surface area contributed by atoms with Crippen LogP contribution in [0, 0.1) is 0 Å². The molecular formula is C4H6LiNSn. The van der Waals surface area contributed by atoms with Gasteiger partial charge in [0.2, 0.25) is 0 Å². The third-order valence-electron chi connectivity index (χ3n) is 0.628. The van der Waals surface area contributed by atoms with Gasteiger partial charge in [-0.05, 0) is 0 Å². The Kier molecular flexibility index (Phi) is 4.00. The molecule has 0 saturated heterocycles. The standard InChI is InChI=1S/C4H4N.Li.Sn.2H/c1-2-4-5-3-1;;;;/h1-4H;;;;/q-1;;+1;;. The molecule has 0 aromatic carbocycles. The van der Waals surface area contributed by atoms with Crippen molar-refractivity contribution in [2.45, 2.75) is 0 Å². The number of aromatic nitrogens is 1. The van der Waals surface area contributed by atoms with Gasteiger partial charge >= 0.3 is 69.0 Å². The number of nitrogens with zero attached hydrogens (tertiary/aromatic N) is 1. The maximum atomic E-state index is 2.13. The first-order valence-corrected chi connectivity index (χ1v) is 3.25. The van der Waals surface area contributed by atoms with E-state index in [1.807, 2.05) is 12.1 Å². The molecule has 0 saturated carbocycles. The van der Waals surface area contributed by atoms with Gasteiger partial charge in [0.15, 0.2) is 0 Å². The molecule has 2 radical (unpaired) electrons. The molecule has 1 heterocycles. The van der Waals surface area contributed by atoms with Crippen LogP contribution in [0.4, 0.5) is 0 Å². The summed E-state index contributed by atoms with van der Waals surface area (Å²) in [5.41, 5.74) is 0. The van der Waals surface area contributed by atoms with Gasteiger partial charge in [-0.1, -0.05) is 0 Å². The van der Waals surface area contributed by atoms with Crippen molar-refractivity contribution in [2.75, 3.05) is 0 Å². The van der Waals surface area contributed by atoms with Crippen LogP contribution in [0.3, 0.4) is 0 Å². The van der Waals surface area contributed by atoms with E-state index < -0.39 is 0 Å². The molecule has 1 nitrogen and oxygen atoms in total. The molecule has 0 bridgehead atoms. The van der Waals surface area contributed by atoms with Crippen molar-refractivity contribution >= 4 is 41.7 Å². The van der Waals surface area contributed by atoms with Gasteiger partial charge in [-0.3, -0.25) is 0 Å². The molecule has 0 aliphatic rings. The zero-order chi connectivity index (χ0) is 4.41. The Morgan fingerprint density at radius 2 is 1.57 bits per heavy atom. The van der Waals surface area contributed by atoms with Crippen molar-refractivity contribution in [1.29, 1.82) is 0 Å². The van der Waals surface area contributed by atoms with Crippen molar-refractivity contribution in [3.63, 3.8) is 0 Å². The first-order valence-electron chi connectivity index (χ1n) is 1.77. The third kappa shape index (κ3) is 2.48. The molecule has 1 rings (SSSR count). The summed E-state index contributed by atoms with van der Waals surface area (Å²) in [7, 11) is 0. The van der Waals surface area contributed by atoms with Crippen LogP contribution in [0.2, 0.25) is 0 Å². The van der Waals surface area contributed by atoms with Gasteiger partial charge in [-0.15, -0.1) is 0 Å². The van der Waals surface area contributed by atoms with Crippen LogP contribution in [0.25, 0.3) is 0 Å². The van der Waals surface area contributed by atoms with Crippen molar-refractivity contribution < 1.29 is 0 Å². The average molecular weight is 194 g/mol. The zero-order valence-electron chi connectivity index (χ0n) is 3.33. The van der Waals surface area contributed by atoms with E-state index in [1.165, 1.54) is 22.8 Å². The summed E-state index contributed by atoms with van der Waals surface area (Å²) in [6.07, 6.45) is 4.12. The topological polar surface area (TPSA) is 4.93 Å². The van der Waals surface area contributed by atoms with Gasteiger partial charge in [-0.25, -0.2) is 0 Å². The van der Waals surface area contributed by atoms with Crippen molar-refractivity contribution in [1.82, 2.24) is 2.79 Å². The number of hydrogen-bond donors (Lipinski definition) is 0. The van der Waals surface area contributed by atoms with Crippen molar-refractivity contribution in [3.8, 4) is 0 Å². The zero-order valence-corrected chi connectivity index (χ0v) is 6.63. The van der Waals surface area contributed by atoms with E-state index in [0.29, 0.717) is 0 Å². The van der Waals surface area contributed by atoms with E-state index in [2.05, 4.69) is 15.2 Å². The Labute approximate surface area is 68.7 Å². The van der Waals surface area contributed by atoms with Crippen LogP contribution in [0.1, 0.15) is 0 Å². The van der Waals surface area contributed by atoms with Gasteiger partial charge in [0.1, 0.15) is 0 Å². The summed E-state index contributed by atoms with van der Waals surface area (Å²) in [6.45, 7) is 0. The van der Waals surface area contributed by atoms with Crippen LogP contribution < -0.4 is 0 Å². The van der Waals surface area contributed by atoms with Gasteiger partial charge in [0.25, 0.3) is 0 Å². The fraction of sp³-hybridized carbons (Fsp3) is 0. The quantitative estimate of drug-likeness (QED) is 0.490. The summed E-state index contributed by atoms with van der Waals surface area (Å²) < 4.78 is 2.13. The number of hydrogen-bond acceptors (Lipinski definition) is 0. The van der Waals surface area contributed by atoms with Crippen molar-refractivity contribution in [2.24, 2.45) is 0 Å². The Morgan fingerprint density at radius 3 is 1.71 bits per heavy atom. The second kappa shape index (κ2) is 3.65. The Bertz CT molecular complexity index is 115. The van der Waals surface area contributed by atoms with Crippen LogP contribution in [-0.2, 0) is 0 Å². The maximum absolute atomic E-state index is 2.13. The van der Waals surface area contributed by atoms with Crippen molar-refractivity contribution in [3.05, 3.63) is 24.5 Å². The normalized spacial score (nSPS) is 7.57. The van der Waals surface area contributed by atoms with Crippen LogP contribution in [0.5, 0.6) is 0 Å². The Hall–Kier alpha value is 0.676. The Balaban J connectivity index is 0.000000360. The molecule has 0 spiro atoms. The molecule has 1 aromatic rings. The first kappa shape index (κ1) is 7.68. The van der Waals surface area contributed by atoms with E-state index in [4.69, 9.17) is 0 Å². The molecule has 0 aliphatic heterocycles. The predicted octanol–water partition coefficient (Wildman–Crippen LogP) is -0.497. The summed E-state index contributed by atoms with van der Waals surface area (Å²) >= 11 is 1.17. The van der Waals surface area contributed by atoms with Gasteiger partial charge in [0, 0.05) is 0 Å². The second-order valence-electron chi connectivity index (χ2n) is 1.13. The average Bonchev–Trinajstić information content (AvgIpc) is 1.86. The molecule has 3 heteroatoms. The van der Waals surface area contributed by atoms with Crippen LogP contribution >= 0.6 is 0 Å². The summed E-state index contributed by atoms with van der Waals surface area (Å²) in [6, 6.07) is 4.07. The monoisotopic (exact) mass is 195 g/mol. The van der Waals surface area contributed by atoms with Crippen LogP contribution in [-0.4, -0.2) is 44.4 Å². The van der Waals surface area contributed by atoms with Crippen LogP contribution in [0.15, 0.2) is 24.5 Å². The molecule has 0 fully saturated rings. The molecule has 0 unspecified atom stereocenters. The predicted molar refractivity (Wildman–Crippen MR) is 34.1 cm³/mol. The second-order valence-corrected chi connectivity index (χ2v) is 2.83. The van der Waals surface area contributed by atoms with E-state index in [-0.39, 0.29) is 18.9 Å². The summed E-state index contributed by atoms with van der Waals surface area (Å²) in [4.78, 5) is 0. The first-order chi connectivity index (χ1) is 2.89. The fourth-order valence-electron chi connectivity index (χ4n) is 0.348. The third-order valence-corrected chi connectivity index (χ3v) is 1.61. The molecule has 1 aromatic heterocycles. The van der Waals surface area contributed by atoms with E-state index >= 15 is 0 Å². The molecular weight excluding hydrogens is 188 g/mol. The SMILES string of the molecule is [LiH].[SnH][n]1cccc1. The van der Waals surface area contributed by atoms with Gasteiger partial charge in [0.05, 0.1) is 0 Å². The summed E-state index contributed by atoms with van der Waals surface area (Å²) in [5, 5.41) is 0. The Morgan fingerprint density at radius 1 is 1.14 bits per heavy atom. The van der Waals surface area contributed by atoms with Gasteiger partial charge < -0.3 is 0 Å². The summed E-state index contributed by atoms with van der Waals surface area (Å²) in [5.74, 6) is 0. The van der Waals surface area contributed by atoms with Gasteiger partial charge in [-0.2, -0.15) is 0 Å². The molecule has 0 atom stereocenters. The molecule has 0 amide bonds. The van der Waals surface area contributed by atoms with E-state index in [1.54, 1.807) is 0 Å².